The Balaban J connectivity index is 2.77. The Kier molecular flexibility index (Phi) is 1.74. The number of cyclic esters (lactones) is 1. The molecule has 5 heteroatoms. The van der Waals surface area contributed by atoms with E-state index in [1.54, 1.807) is 0 Å². The van der Waals surface area contributed by atoms with Gasteiger partial charge in [0.25, 0.3) is 0 Å². The molecule has 0 aromatic rings. The lowest BCUT2D eigenvalue weighted by molar-refractivity contribution is -0.150. The van der Waals surface area contributed by atoms with E-state index in [2.05, 4.69) is 29.6 Å². The fraction of sp³-hybridized carbons (Fsp3) is 0.500. The minimum atomic E-state index is -1.16. The van der Waals surface area contributed by atoms with Crippen LogP contribution in [0.1, 0.15) is 0 Å². The standard InChI is InChI=1S/C4H4O3S2/c5-3-1(8)2(9)4(6)7-3/h1,3,5,8H. The van der Waals surface area contributed by atoms with Gasteiger partial charge in [0, 0.05) is 0 Å². The molecule has 0 amide bonds. The van der Waals surface area contributed by atoms with Crippen LogP contribution in [0.2, 0.25) is 0 Å². The molecule has 1 aliphatic rings. The minimum Gasteiger partial charge on any atom is -0.430 e. The van der Waals surface area contributed by atoms with Crippen LogP contribution < -0.4 is 0 Å². The van der Waals surface area contributed by atoms with Gasteiger partial charge in [0.05, 0.1) is 0 Å². The summed E-state index contributed by atoms with van der Waals surface area (Å²) < 4.78 is 4.28. The van der Waals surface area contributed by atoms with Gasteiger partial charge in [-0.25, -0.2) is 4.79 Å². The highest BCUT2D eigenvalue weighted by atomic mass is 32.1. The Hall–Kier alpha value is -0.130. The summed E-state index contributed by atoms with van der Waals surface area (Å²) in [6.45, 7) is 0. The summed E-state index contributed by atoms with van der Waals surface area (Å²) in [5.41, 5.74) is 0. The smallest absolute Gasteiger partial charge is 0.348 e. The minimum absolute atomic E-state index is 0.0471. The van der Waals surface area contributed by atoms with Gasteiger partial charge >= 0.3 is 5.97 Å². The average Bonchev–Trinajstić information content (AvgIpc) is 1.98. The summed E-state index contributed by atoms with van der Waals surface area (Å²) in [6, 6.07) is 0. The summed E-state index contributed by atoms with van der Waals surface area (Å²) in [4.78, 5) is 10.5. The zero-order valence-electron chi connectivity index (χ0n) is 4.27. The molecule has 0 aromatic carbocycles. The van der Waals surface area contributed by atoms with Crippen LogP contribution in [0.15, 0.2) is 0 Å². The van der Waals surface area contributed by atoms with Gasteiger partial charge in [-0.1, -0.05) is 12.2 Å². The third kappa shape index (κ3) is 1.08. The molecule has 50 valence electrons. The molecule has 1 N–H and O–H groups in total. The first-order valence-electron chi connectivity index (χ1n) is 2.24. The topological polar surface area (TPSA) is 46.5 Å². The lowest BCUT2D eigenvalue weighted by atomic mass is 10.3. The number of hydrogen-bond acceptors (Lipinski definition) is 5. The van der Waals surface area contributed by atoms with Gasteiger partial charge in [-0.2, -0.15) is 12.6 Å². The van der Waals surface area contributed by atoms with Crippen molar-refractivity contribution in [3.8, 4) is 0 Å². The number of carbonyl (C=O) groups is 1. The van der Waals surface area contributed by atoms with Crippen molar-refractivity contribution in [2.75, 3.05) is 0 Å². The molecule has 0 radical (unpaired) electrons. The van der Waals surface area contributed by atoms with E-state index >= 15 is 0 Å². The molecule has 0 aromatic heterocycles. The van der Waals surface area contributed by atoms with E-state index in [1.807, 2.05) is 0 Å². The average molecular weight is 164 g/mol. The molecule has 2 atom stereocenters. The Morgan fingerprint density at radius 1 is 1.78 bits per heavy atom. The molecule has 1 heterocycles. The second kappa shape index (κ2) is 2.24. The molecular formula is C4H4O3S2. The maximum absolute atomic E-state index is 10.4. The summed E-state index contributed by atoms with van der Waals surface area (Å²) in [7, 11) is 0. The van der Waals surface area contributed by atoms with Crippen LogP contribution in [-0.2, 0) is 9.53 Å². The van der Waals surface area contributed by atoms with Crippen LogP contribution in [-0.4, -0.2) is 27.5 Å². The molecule has 1 saturated heterocycles. The molecule has 1 rings (SSSR count). The normalized spacial score (nSPS) is 34.9. The highest BCUT2D eigenvalue weighted by Crippen LogP contribution is 2.15. The van der Waals surface area contributed by atoms with E-state index in [-0.39, 0.29) is 4.86 Å². The van der Waals surface area contributed by atoms with Crippen LogP contribution in [0, 0.1) is 0 Å². The first-order valence-corrected chi connectivity index (χ1v) is 3.16. The second-order valence-corrected chi connectivity index (χ2v) is 2.60. The van der Waals surface area contributed by atoms with Gasteiger partial charge in [0.2, 0.25) is 6.29 Å². The van der Waals surface area contributed by atoms with Crippen molar-refractivity contribution in [2.24, 2.45) is 0 Å². The number of thiol groups is 1. The van der Waals surface area contributed by atoms with Crippen LogP contribution in [0.4, 0.5) is 0 Å². The molecule has 0 spiro atoms. The Bertz CT molecular complexity index is 167. The predicted octanol–water partition coefficient (Wildman–Crippen LogP) is -0.470. The van der Waals surface area contributed by atoms with E-state index in [0.717, 1.165) is 0 Å². The van der Waals surface area contributed by atoms with Gasteiger partial charge in [0.15, 0.2) is 0 Å². The number of aliphatic hydroxyl groups is 1. The van der Waals surface area contributed by atoms with Gasteiger partial charge in [-0.05, 0) is 0 Å². The van der Waals surface area contributed by atoms with Crippen molar-refractivity contribution in [1.29, 1.82) is 0 Å². The number of thiocarbonyl (C=S) groups is 1. The van der Waals surface area contributed by atoms with Crippen molar-refractivity contribution in [3.63, 3.8) is 0 Å². The molecule has 0 bridgehead atoms. The maximum atomic E-state index is 10.4. The van der Waals surface area contributed by atoms with Gasteiger partial charge in [-0.15, -0.1) is 0 Å². The molecular weight excluding hydrogens is 160 g/mol. The number of carbonyl (C=O) groups excluding carboxylic acids is 1. The Morgan fingerprint density at radius 2 is 2.33 bits per heavy atom. The fourth-order valence-corrected chi connectivity index (χ4v) is 0.813. The van der Waals surface area contributed by atoms with E-state index in [9.17, 15) is 4.79 Å². The SMILES string of the molecule is O=C1OC(O)C(S)C1=S. The van der Waals surface area contributed by atoms with Crippen LogP contribution in [0.3, 0.4) is 0 Å². The van der Waals surface area contributed by atoms with E-state index < -0.39 is 17.5 Å². The van der Waals surface area contributed by atoms with Crippen LogP contribution in [0.25, 0.3) is 0 Å². The summed E-state index contributed by atoms with van der Waals surface area (Å²) in [5, 5.41) is 8.10. The first kappa shape index (κ1) is 6.98. The number of rotatable bonds is 0. The van der Waals surface area contributed by atoms with Gasteiger partial charge in [0.1, 0.15) is 10.1 Å². The Labute approximate surface area is 62.4 Å². The molecule has 3 nitrogen and oxygen atoms in total. The zero-order valence-corrected chi connectivity index (χ0v) is 5.98. The monoisotopic (exact) mass is 164 g/mol. The summed E-state index contributed by atoms with van der Waals surface area (Å²) in [5.74, 6) is -0.641. The number of ether oxygens (including phenoxy) is 1. The van der Waals surface area contributed by atoms with E-state index in [1.165, 1.54) is 0 Å². The van der Waals surface area contributed by atoms with Gasteiger partial charge in [-0.3, -0.25) is 0 Å². The van der Waals surface area contributed by atoms with E-state index in [0.29, 0.717) is 0 Å². The Morgan fingerprint density at radius 3 is 2.44 bits per heavy atom. The first-order chi connectivity index (χ1) is 4.13. The zero-order chi connectivity index (χ0) is 7.02. The summed E-state index contributed by atoms with van der Waals surface area (Å²) >= 11 is 8.34. The van der Waals surface area contributed by atoms with Crippen molar-refractivity contribution >= 4 is 35.7 Å². The quantitative estimate of drug-likeness (QED) is 0.289. The highest BCUT2D eigenvalue weighted by molar-refractivity contribution is 7.88. The van der Waals surface area contributed by atoms with Crippen molar-refractivity contribution in [1.82, 2.24) is 0 Å². The maximum Gasteiger partial charge on any atom is 0.348 e. The van der Waals surface area contributed by atoms with Crippen molar-refractivity contribution < 1.29 is 14.6 Å². The summed E-state index contributed by atoms with van der Waals surface area (Å²) in [6.07, 6.45) is -1.16. The molecule has 2 unspecified atom stereocenters. The molecule has 1 aliphatic heterocycles. The second-order valence-electron chi connectivity index (χ2n) is 1.60. The molecule has 0 saturated carbocycles. The molecule has 9 heavy (non-hydrogen) atoms. The fourth-order valence-electron chi connectivity index (χ4n) is 0.482. The number of esters is 1. The number of hydrogen-bond donors (Lipinski definition) is 2. The lowest BCUT2D eigenvalue weighted by Crippen LogP contribution is -2.18. The van der Waals surface area contributed by atoms with Crippen LogP contribution >= 0.6 is 24.8 Å². The van der Waals surface area contributed by atoms with E-state index in [4.69, 9.17) is 5.11 Å². The predicted molar refractivity (Wildman–Crippen MR) is 37.5 cm³/mol. The van der Waals surface area contributed by atoms with Crippen LogP contribution in [0.5, 0.6) is 0 Å². The highest BCUT2D eigenvalue weighted by Gasteiger charge is 2.36. The van der Waals surface area contributed by atoms with Gasteiger partial charge < -0.3 is 9.84 Å². The third-order valence-corrected chi connectivity index (χ3v) is 2.08. The van der Waals surface area contributed by atoms with Crippen molar-refractivity contribution in [2.45, 2.75) is 11.5 Å². The lowest BCUT2D eigenvalue weighted by Gasteiger charge is -2.01. The number of aliphatic hydroxyl groups excluding tert-OH is 1. The molecule has 1 fully saturated rings. The largest absolute Gasteiger partial charge is 0.430 e. The van der Waals surface area contributed by atoms with Crippen molar-refractivity contribution in [3.05, 3.63) is 0 Å². The molecule has 0 aliphatic carbocycles. The third-order valence-electron chi connectivity index (χ3n) is 0.968.